The SMILES string of the molecule is Cc1nn(C)c(C)c1S(=O)(=O)Nc1cc(-c2nnc3n2CCCCC3)c(F)cc1F. The van der Waals surface area contributed by atoms with E-state index in [4.69, 9.17) is 0 Å². The number of nitrogens with zero attached hydrogens (tertiary/aromatic N) is 5. The van der Waals surface area contributed by atoms with E-state index in [9.17, 15) is 17.2 Å². The lowest BCUT2D eigenvalue weighted by atomic mass is 10.1. The molecule has 2 aromatic heterocycles. The highest BCUT2D eigenvalue weighted by Crippen LogP contribution is 2.31. The van der Waals surface area contributed by atoms with Crippen LogP contribution in [0.3, 0.4) is 0 Å². The number of sulfonamides is 1. The standard InChI is InChI=1S/C19H22F2N6O2S/c1-11-18(12(2)26(3)24-11)30(28,29)25-16-9-13(14(20)10-15(16)21)19-23-22-17-7-5-4-6-8-27(17)19/h9-10,25H,4-8H2,1-3H3. The smallest absolute Gasteiger partial charge is 0.265 e. The predicted molar refractivity (Wildman–Crippen MR) is 106 cm³/mol. The maximum absolute atomic E-state index is 14.6. The van der Waals surface area contributed by atoms with E-state index in [-0.39, 0.29) is 27.7 Å². The minimum absolute atomic E-state index is 0.00520. The number of rotatable bonds is 4. The molecular formula is C19H22F2N6O2S. The van der Waals surface area contributed by atoms with Crippen LogP contribution in [0.2, 0.25) is 0 Å². The van der Waals surface area contributed by atoms with Gasteiger partial charge < -0.3 is 4.57 Å². The average Bonchev–Trinajstić information content (AvgIpc) is 3.07. The lowest BCUT2D eigenvalue weighted by molar-refractivity contribution is 0.581. The fourth-order valence-corrected chi connectivity index (χ4v) is 5.32. The zero-order valence-corrected chi connectivity index (χ0v) is 17.7. The van der Waals surface area contributed by atoms with Crippen LogP contribution >= 0.6 is 0 Å². The fourth-order valence-electron chi connectivity index (χ4n) is 3.82. The number of aryl methyl sites for hydroxylation is 3. The number of anilines is 1. The van der Waals surface area contributed by atoms with Crippen molar-refractivity contribution >= 4 is 15.7 Å². The van der Waals surface area contributed by atoms with Crippen LogP contribution in [-0.2, 0) is 30.0 Å². The number of nitrogens with one attached hydrogen (secondary N) is 1. The predicted octanol–water partition coefficient (Wildman–Crippen LogP) is 3.10. The first kappa shape index (κ1) is 20.5. The number of fused-ring (bicyclic) bond motifs is 1. The van der Waals surface area contributed by atoms with Crippen LogP contribution in [0.1, 0.15) is 36.5 Å². The van der Waals surface area contributed by atoms with Gasteiger partial charge in [-0.3, -0.25) is 9.40 Å². The maximum Gasteiger partial charge on any atom is 0.265 e. The Hall–Kier alpha value is -2.82. The van der Waals surface area contributed by atoms with E-state index >= 15 is 0 Å². The van der Waals surface area contributed by atoms with Crippen molar-refractivity contribution in [3.63, 3.8) is 0 Å². The molecule has 3 aromatic rings. The molecule has 0 saturated carbocycles. The molecule has 0 saturated heterocycles. The summed E-state index contributed by atoms with van der Waals surface area (Å²) in [6.45, 7) is 3.79. The molecule has 0 atom stereocenters. The summed E-state index contributed by atoms with van der Waals surface area (Å²) in [4.78, 5) is -0.0355. The summed E-state index contributed by atoms with van der Waals surface area (Å²) >= 11 is 0. The molecule has 30 heavy (non-hydrogen) atoms. The molecule has 8 nitrogen and oxygen atoms in total. The lowest BCUT2D eigenvalue weighted by Gasteiger charge is -2.13. The summed E-state index contributed by atoms with van der Waals surface area (Å²) in [6.07, 6.45) is 3.64. The zero-order chi connectivity index (χ0) is 21.6. The van der Waals surface area contributed by atoms with Crippen molar-refractivity contribution in [3.05, 3.63) is 41.0 Å². The van der Waals surface area contributed by atoms with Gasteiger partial charge in [-0.1, -0.05) is 6.42 Å². The molecule has 1 aliphatic heterocycles. The van der Waals surface area contributed by atoms with Crippen molar-refractivity contribution in [2.75, 3.05) is 4.72 Å². The van der Waals surface area contributed by atoms with E-state index < -0.39 is 21.7 Å². The summed E-state index contributed by atoms with van der Waals surface area (Å²) in [6, 6.07) is 1.79. The Morgan fingerprint density at radius 1 is 1.07 bits per heavy atom. The van der Waals surface area contributed by atoms with Crippen molar-refractivity contribution in [2.45, 2.75) is 51.0 Å². The number of halogens is 2. The normalized spacial score (nSPS) is 14.4. The summed E-state index contributed by atoms with van der Waals surface area (Å²) in [5.74, 6) is -0.841. The van der Waals surface area contributed by atoms with Gasteiger partial charge in [0.25, 0.3) is 10.0 Å². The first-order valence-electron chi connectivity index (χ1n) is 9.63. The highest BCUT2D eigenvalue weighted by Gasteiger charge is 2.27. The van der Waals surface area contributed by atoms with Crippen molar-refractivity contribution in [3.8, 4) is 11.4 Å². The average molecular weight is 436 g/mol. The van der Waals surface area contributed by atoms with Gasteiger partial charge in [-0.2, -0.15) is 5.10 Å². The van der Waals surface area contributed by atoms with Crippen LogP contribution in [0.25, 0.3) is 11.4 Å². The van der Waals surface area contributed by atoms with Gasteiger partial charge in [0.2, 0.25) is 0 Å². The molecule has 0 aliphatic carbocycles. The van der Waals surface area contributed by atoms with Gasteiger partial charge in [-0.15, -0.1) is 10.2 Å². The number of aromatic nitrogens is 5. The molecule has 0 spiro atoms. The molecular weight excluding hydrogens is 414 g/mol. The maximum atomic E-state index is 14.6. The second-order valence-electron chi connectivity index (χ2n) is 7.44. The quantitative estimate of drug-likeness (QED) is 0.678. The van der Waals surface area contributed by atoms with Gasteiger partial charge in [0.15, 0.2) is 5.82 Å². The monoisotopic (exact) mass is 436 g/mol. The van der Waals surface area contributed by atoms with Gasteiger partial charge in [-0.25, -0.2) is 17.2 Å². The molecule has 0 fully saturated rings. The zero-order valence-electron chi connectivity index (χ0n) is 16.9. The van der Waals surface area contributed by atoms with Crippen LogP contribution in [0.15, 0.2) is 17.0 Å². The Labute approximate surface area is 173 Å². The summed E-state index contributed by atoms with van der Waals surface area (Å²) in [5, 5.41) is 12.3. The van der Waals surface area contributed by atoms with E-state index in [0.717, 1.165) is 37.6 Å². The highest BCUT2D eigenvalue weighted by molar-refractivity contribution is 7.92. The summed E-state index contributed by atoms with van der Waals surface area (Å²) in [5.41, 5.74) is 0.327. The minimum Gasteiger partial charge on any atom is -0.311 e. The van der Waals surface area contributed by atoms with Crippen molar-refractivity contribution in [1.29, 1.82) is 0 Å². The minimum atomic E-state index is -4.14. The van der Waals surface area contributed by atoms with E-state index in [0.29, 0.717) is 18.3 Å². The van der Waals surface area contributed by atoms with Crippen molar-refractivity contribution in [2.24, 2.45) is 7.05 Å². The van der Waals surface area contributed by atoms with Crippen LogP contribution in [0.4, 0.5) is 14.5 Å². The van der Waals surface area contributed by atoms with Crippen LogP contribution in [0, 0.1) is 25.5 Å². The molecule has 0 bridgehead atoms. The lowest BCUT2D eigenvalue weighted by Crippen LogP contribution is -2.16. The highest BCUT2D eigenvalue weighted by atomic mass is 32.2. The molecule has 0 radical (unpaired) electrons. The Morgan fingerprint density at radius 3 is 2.53 bits per heavy atom. The topological polar surface area (TPSA) is 94.7 Å². The van der Waals surface area contributed by atoms with Gasteiger partial charge in [0.1, 0.15) is 22.4 Å². The largest absolute Gasteiger partial charge is 0.311 e. The molecule has 1 aliphatic rings. The second-order valence-corrected chi connectivity index (χ2v) is 9.06. The van der Waals surface area contributed by atoms with Crippen LogP contribution < -0.4 is 4.72 Å². The number of benzene rings is 1. The van der Waals surface area contributed by atoms with Crippen molar-refractivity contribution < 1.29 is 17.2 Å². The third-order valence-corrected chi connectivity index (χ3v) is 6.98. The Balaban J connectivity index is 1.77. The third kappa shape index (κ3) is 3.47. The molecule has 4 rings (SSSR count). The second kappa shape index (κ2) is 7.46. The third-order valence-electron chi connectivity index (χ3n) is 5.36. The van der Waals surface area contributed by atoms with Crippen LogP contribution in [-0.4, -0.2) is 33.0 Å². The summed E-state index contributed by atoms with van der Waals surface area (Å²) in [7, 11) is -2.52. The Kier molecular flexibility index (Phi) is 5.08. The molecule has 160 valence electrons. The van der Waals surface area contributed by atoms with E-state index in [1.165, 1.54) is 4.68 Å². The molecule has 1 N–H and O–H groups in total. The first-order valence-corrected chi connectivity index (χ1v) is 11.1. The Bertz CT molecular complexity index is 1230. The van der Waals surface area contributed by atoms with Crippen LogP contribution in [0.5, 0.6) is 0 Å². The van der Waals surface area contributed by atoms with Gasteiger partial charge in [0, 0.05) is 26.1 Å². The fraction of sp³-hybridized carbons (Fsp3) is 0.421. The van der Waals surface area contributed by atoms with E-state index in [1.807, 2.05) is 4.57 Å². The first-order chi connectivity index (χ1) is 14.2. The molecule has 0 unspecified atom stereocenters. The number of hydrogen-bond acceptors (Lipinski definition) is 5. The molecule has 1 aromatic carbocycles. The van der Waals surface area contributed by atoms with Gasteiger partial charge in [0.05, 0.1) is 22.6 Å². The van der Waals surface area contributed by atoms with E-state index in [1.54, 1.807) is 20.9 Å². The van der Waals surface area contributed by atoms with Crippen molar-refractivity contribution in [1.82, 2.24) is 24.5 Å². The van der Waals surface area contributed by atoms with E-state index in [2.05, 4.69) is 20.0 Å². The molecule has 3 heterocycles. The number of hydrogen-bond donors (Lipinski definition) is 1. The summed E-state index contributed by atoms with van der Waals surface area (Å²) < 4.78 is 60.5. The molecule has 11 heteroatoms. The van der Waals surface area contributed by atoms with Gasteiger partial charge >= 0.3 is 0 Å². The van der Waals surface area contributed by atoms with Gasteiger partial charge in [-0.05, 0) is 32.8 Å². The molecule has 0 amide bonds. The Morgan fingerprint density at radius 2 is 1.83 bits per heavy atom.